The molecule has 2 aromatic carbocycles. The van der Waals surface area contributed by atoms with Crippen LogP contribution in [0.15, 0.2) is 71.5 Å². The van der Waals surface area contributed by atoms with Crippen molar-refractivity contribution in [3.05, 3.63) is 82.6 Å². The first-order chi connectivity index (χ1) is 13.2. The van der Waals surface area contributed by atoms with Crippen LogP contribution >= 0.6 is 0 Å². The highest BCUT2D eigenvalue weighted by Crippen LogP contribution is 2.30. The zero-order chi connectivity index (χ0) is 18.6. The van der Waals surface area contributed by atoms with Crippen LogP contribution in [-0.2, 0) is 0 Å². The maximum absolute atomic E-state index is 12.4. The molecule has 1 aliphatic rings. The highest BCUT2D eigenvalue weighted by atomic mass is 16.6. The van der Waals surface area contributed by atoms with Gasteiger partial charge in [0.25, 0.3) is 11.5 Å². The highest BCUT2D eigenvalue weighted by molar-refractivity contribution is 5.94. The van der Waals surface area contributed by atoms with Gasteiger partial charge < -0.3 is 19.8 Å². The summed E-state index contributed by atoms with van der Waals surface area (Å²) in [5, 5.41) is 2.74. The van der Waals surface area contributed by atoms with E-state index in [-0.39, 0.29) is 18.2 Å². The molecule has 1 atom stereocenters. The van der Waals surface area contributed by atoms with Crippen molar-refractivity contribution in [1.29, 1.82) is 0 Å². The Bertz CT molecular complexity index is 1010. The number of fused-ring (bicyclic) bond motifs is 1. The van der Waals surface area contributed by atoms with E-state index in [0.29, 0.717) is 23.8 Å². The van der Waals surface area contributed by atoms with E-state index in [9.17, 15) is 9.59 Å². The van der Waals surface area contributed by atoms with Crippen LogP contribution in [0.25, 0.3) is 11.3 Å². The van der Waals surface area contributed by atoms with Crippen molar-refractivity contribution in [2.75, 3.05) is 13.2 Å². The van der Waals surface area contributed by atoms with Crippen LogP contribution in [0.5, 0.6) is 11.5 Å². The number of rotatable bonds is 4. The van der Waals surface area contributed by atoms with Crippen molar-refractivity contribution in [2.45, 2.75) is 6.10 Å². The molecule has 0 aliphatic carbocycles. The zero-order valence-electron chi connectivity index (χ0n) is 14.5. The van der Waals surface area contributed by atoms with Crippen LogP contribution in [0.2, 0.25) is 0 Å². The number of ether oxygens (including phenoxy) is 2. The first-order valence-corrected chi connectivity index (χ1v) is 8.66. The van der Waals surface area contributed by atoms with E-state index >= 15 is 0 Å². The minimum atomic E-state index is -0.446. The lowest BCUT2D eigenvalue weighted by Gasteiger charge is -2.26. The Balaban J connectivity index is 1.41. The van der Waals surface area contributed by atoms with E-state index in [1.165, 1.54) is 6.07 Å². The second-order valence-corrected chi connectivity index (χ2v) is 6.19. The van der Waals surface area contributed by atoms with Crippen LogP contribution in [0.1, 0.15) is 10.4 Å². The Kier molecular flexibility index (Phi) is 4.61. The summed E-state index contributed by atoms with van der Waals surface area (Å²) in [6.07, 6.45) is -0.313. The van der Waals surface area contributed by atoms with E-state index in [0.717, 1.165) is 5.56 Å². The van der Waals surface area contributed by atoms with E-state index < -0.39 is 11.5 Å². The molecular weight excluding hydrogens is 344 g/mol. The molecule has 27 heavy (non-hydrogen) atoms. The lowest BCUT2D eigenvalue weighted by Crippen LogP contribution is -2.41. The smallest absolute Gasteiger partial charge is 0.261 e. The van der Waals surface area contributed by atoms with Gasteiger partial charge in [-0.1, -0.05) is 42.5 Å². The normalized spacial score (nSPS) is 15.2. The number of aromatic amines is 1. The maximum Gasteiger partial charge on any atom is 0.261 e. The maximum atomic E-state index is 12.4. The molecule has 136 valence electrons. The van der Waals surface area contributed by atoms with Gasteiger partial charge in [0.05, 0.1) is 6.54 Å². The molecule has 1 unspecified atom stereocenters. The molecule has 1 amide bonds. The molecule has 0 bridgehead atoms. The monoisotopic (exact) mass is 362 g/mol. The van der Waals surface area contributed by atoms with Crippen molar-refractivity contribution in [3.63, 3.8) is 0 Å². The average molecular weight is 362 g/mol. The number of hydrogen-bond donors (Lipinski definition) is 2. The molecule has 0 saturated carbocycles. The summed E-state index contributed by atoms with van der Waals surface area (Å²) in [5.74, 6) is 0.888. The molecule has 0 radical (unpaired) electrons. The van der Waals surface area contributed by atoms with Crippen LogP contribution in [-0.4, -0.2) is 30.1 Å². The molecule has 2 heterocycles. The van der Waals surface area contributed by atoms with Gasteiger partial charge in [-0.15, -0.1) is 0 Å². The van der Waals surface area contributed by atoms with Gasteiger partial charge in [0.2, 0.25) is 0 Å². The fourth-order valence-electron chi connectivity index (χ4n) is 2.90. The Morgan fingerprint density at radius 2 is 1.74 bits per heavy atom. The molecule has 1 aromatic heterocycles. The largest absolute Gasteiger partial charge is 0.486 e. The second kappa shape index (κ2) is 7.37. The summed E-state index contributed by atoms with van der Waals surface area (Å²) in [6.45, 7) is 0.577. The Morgan fingerprint density at radius 1 is 1.00 bits per heavy atom. The molecule has 0 saturated heterocycles. The molecule has 6 nitrogen and oxygen atoms in total. The summed E-state index contributed by atoms with van der Waals surface area (Å²) in [5.41, 5.74) is 1.18. The minimum absolute atomic E-state index is 0.0619. The topological polar surface area (TPSA) is 80.4 Å². The summed E-state index contributed by atoms with van der Waals surface area (Å²) in [6, 6.07) is 20.1. The third kappa shape index (κ3) is 3.69. The number of carbonyl (C=O) groups is 1. The lowest BCUT2D eigenvalue weighted by atomic mass is 10.1. The molecule has 3 aromatic rings. The van der Waals surface area contributed by atoms with Gasteiger partial charge in [0.15, 0.2) is 11.5 Å². The molecule has 0 spiro atoms. The van der Waals surface area contributed by atoms with Crippen molar-refractivity contribution in [1.82, 2.24) is 10.3 Å². The molecular formula is C21H18N2O4. The van der Waals surface area contributed by atoms with Crippen molar-refractivity contribution in [2.24, 2.45) is 0 Å². The molecule has 2 N–H and O–H groups in total. The first kappa shape index (κ1) is 16.9. The quantitative estimate of drug-likeness (QED) is 0.748. The average Bonchev–Trinajstić information content (AvgIpc) is 2.72. The van der Waals surface area contributed by atoms with Crippen molar-refractivity contribution < 1.29 is 14.3 Å². The van der Waals surface area contributed by atoms with Crippen LogP contribution in [0, 0.1) is 0 Å². The summed E-state index contributed by atoms with van der Waals surface area (Å²) in [7, 11) is 0. The fraction of sp³-hybridized carbons (Fsp3) is 0.143. The van der Waals surface area contributed by atoms with Gasteiger partial charge in [-0.3, -0.25) is 9.59 Å². The highest BCUT2D eigenvalue weighted by Gasteiger charge is 2.21. The number of para-hydroxylation sites is 2. The molecule has 1 aliphatic heterocycles. The SMILES string of the molecule is O=C(NCC1COc2ccccc2O1)c1ccc(-c2ccccc2)[nH]c1=O. The second-order valence-electron chi connectivity index (χ2n) is 6.19. The Morgan fingerprint density at radius 3 is 2.52 bits per heavy atom. The number of nitrogens with one attached hydrogen (secondary N) is 2. The Labute approximate surface area is 155 Å². The van der Waals surface area contributed by atoms with Gasteiger partial charge in [-0.25, -0.2) is 0 Å². The van der Waals surface area contributed by atoms with Crippen LogP contribution < -0.4 is 20.3 Å². The number of H-pyrrole nitrogens is 1. The number of aromatic nitrogens is 1. The molecule has 4 rings (SSSR count). The third-order valence-electron chi connectivity index (χ3n) is 4.30. The van der Waals surface area contributed by atoms with Crippen molar-refractivity contribution >= 4 is 5.91 Å². The van der Waals surface area contributed by atoms with Crippen LogP contribution in [0.3, 0.4) is 0 Å². The van der Waals surface area contributed by atoms with Gasteiger partial charge in [-0.2, -0.15) is 0 Å². The van der Waals surface area contributed by atoms with Gasteiger partial charge in [-0.05, 0) is 29.8 Å². The third-order valence-corrected chi connectivity index (χ3v) is 4.30. The van der Waals surface area contributed by atoms with E-state index in [1.807, 2.05) is 54.6 Å². The first-order valence-electron chi connectivity index (χ1n) is 8.66. The predicted molar refractivity (Wildman–Crippen MR) is 101 cm³/mol. The minimum Gasteiger partial charge on any atom is -0.486 e. The number of amides is 1. The van der Waals surface area contributed by atoms with Gasteiger partial charge >= 0.3 is 0 Å². The van der Waals surface area contributed by atoms with Crippen molar-refractivity contribution in [3.8, 4) is 22.8 Å². The summed E-state index contributed by atoms with van der Waals surface area (Å²) in [4.78, 5) is 27.4. The molecule has 0 fully saturated rings. The predicted octanol–water partition coefficient (Wildman–Crippen LogP) is 2.61. The number of pyridine rings is 1. The van der Waals surface area contributed by atoms with Gasteiger partial charge in [0, 0.05) is 5.69 Å². The fourth-order valence-corrected chi connectivity index (χ4v) is 2.90. The van der Waals surface area contributed by atoms with E-state index in [2.05, 4.69) is 10.3 Å². The number of benzene rings is 2. The van der Waals surface area contributed by atoms with Gasteiger partial charge in [0.1, 0.15) is 18.3 Å². The van der Waals surface area contributed by atoms with E-state index in [1.54, 1.807) is 6.07 Å². The summed E-state index contributed by atoms with van der Waals surface area (Å²) >= 11 is 0. The van der Waals surface area contributed by atoms with E-state index in [4.69, 9.17) is 9.47 Å². The molecule has 6 heteroatoms. The van der Waals surface area contributed by atoms with Crippen LogP contribution in [0.4, 0.5) is 0 Å². The number of hydrogen-bond acceptors (Lipinski definition) is 4. The Hall–Kier alpha value is -3.54. The standard InChI is InChI=1S/C21H18N2O4/c24-20(22-12-15-13-26-18-8-4-5-9-19(18)27-15)16-10-11-17(23-21(16)25)14-6-2-1-3-7-14/h1-11,15H,12-13H2,(H,22,24)(H,23,25). The summed E-state index contributed by atoms with van der Waals surface area (Å²) < 4.78 is 11.4. The number of carbonyl (C=O) groups excluding carboxylic acids is 1. The lowest BCUT2D eigenvalue weighted by molar-refractivity contribution is 0.0788. The zero-order valence-corrected chi connectivity index (χ0v) is 14.5.